The summed E-state index contributed by atoms with van der Waals surface area (Å²) in [7, 11) is 1.57. The van der Waals surface area contributed by atoms with Gasteiger partial charge in [-0.05, 0) is 38.1 Å². The van der Waals surface area contributed by atoms with Crippen LogP contribution in [-0.4, -0.2) is 69.8 Å². The SMILES string of the molecule is COc1cccc(C(=O)N2CCN(C(=O)Nc3cnc4c(cnn4C(C)C)c3)CC2)c1. The summed E-state index contributed by atoms with van der Waals surface area (Å²) in [5.74, 6) is 0.587. The van der Waals surface area contributed by atoms with Gasteiger partial charge in [-0.15, -0.1) is 0 Å². The number of hydrogen-bond acceptors (Lipinski definition) is 5. The van der Waals surface area contributed by atoms with Crippen molar-refractivity contribution < 1.29 is 14.3 Å². The number of fused-ring (bicyclic) bond motifs is 1. The number of ether oxygens (including phenoxy) is 1. The average Bonchev–Trinajstić information content (AvgIpc) is 3.22. The van der Waals surface area contributed by atoms with Gasteiger partial charge >= 0.3 is 6.03 Å². The fraction of sp³-hybridized carbons (Fsp3) is 0.364. The molecule has 1 saturated heterocycles. The van der Waals surface area contributed by atoms with E-state index in [0.717, 1.165) is 11.0 Å². The third-order valence-electron chi connectivity index (χ3n) is 5.34. The molecule has 4 rings (SSSR count). The van der Waals surface area contributed by atoms with Gasteiger partial charge in [0.15, 0.2) is 5.65 Å². The number of hydrogen-bond donors (Lipinski definition) is 1. The molecule has 1 N–H and O–H groups in total. The van der Waals surface area contributed by atoms with Gasteiger partial charge in [-0.25, -0.2) is 14.5 Å². The summed E-state index contributed by atoms with van der Waals surface area (Å²) in [4.78, 5) is 33.3. The van der Waals surface area contributed by atoms with Crippen molar-refractivity contribution in [2.75, 3.05) is 38.6 Å². The van der Waals surface area contributed by atoms with Crippen molar-refractivity contribution in [2.24, 2.45) is 0 Å². The lowest BCUT2D eigenvalue weighted by molar-refractivity contribution is 0.0671. The van der Waals surface area contributed by atoms with E-state index < -0.39 is 0 Å². The van der Waals surface area contributed by atoms with Gasteiger partial charge in [0.1, 0.15) is 5.75 Å². The molecule has 1 aromatic carbocycles. The first-order chi connectivity index (χ1) is 15.0. The molecule has 31 heavy (non-hydrogen) atoms. The van der Waals surface area contributed by atoms with E-state index in [1.54, 1.807) is 53.6 Å². The first-order valence-electron chi connectivity index (χ1n) is 10.3. The van der Waals surface area contributed by atoms with Crippen LogP contribution in [0.1, 0.15) is 30.2 Å². The van der Waals surface area contributed by atoms with E-state index >= 15 is 0 Å². The highest BCUT2D eigenvalue weighted by Crippen LogP contribution is 2.20. The Morgan fingerprint density at radius 3 is 2.52 bits per heavy atom. The summed E-state index contributed by atoms with van der Waals surface area (Å²) in [6.07, 6.45) is 3.39. The fourth-order valence-corrected chi connectivity index (χ4v) is 3.64. The number of carbonyl (C=O) groups is 2. The van der Waals surface area contributed by atoms with Crippen molar-refractivity contribution in [3.8, 4) is 5.75 Å². The molecule has 2 aromatic heterocycles. The number of carbonyl (C=O) groups excluding carboxylic acids is 2. The Bertz CT molecular complexity index is 1100. The minimum Gasteiger partial charge on any atom is -0.497 e. The number of rotatable bonds is 4. The molecule has 3 amide bonds. The standard InChI is InChI=1S/C22H26N6O3/c1-15(2)28-20-17(13-24-28)11-18(14-23-20)25-22(30)27-9-7-26(8-10-27)21(29)16-5-4-6-19(12-16)31-3/h4-6,11-15H,7-10H2,1-3H3,(H,25,30). The van der Waals surface area contributed by atoms with E-state index in [9.17, 15) is 9.59 Å². The highest BCUT2D eigenvalue weighted by atomic mass is 16.5. The van der Waals surface area contributed by atoms with E-state index in [-0.39, 0.29) is 18.0 Å². The van der Waals surface area contributed by atoms with Crippen molar-refractivity contribution in [2.45, 2.75) is 19.9 Å². The fourth-order valence-electron chi connectivity index (χ4n) is 3.64. The largest absolute Gasteiger partial charge is 0.497 e. The molecule has 0 bridgehead atoms. The van der Waals surface area contributed by atoms with Crippen LogP contribution in [0.15, 0.2) is 42.7 Å². The summed E-state index contributed by atoms with van der Waals surface area (Å²) in [5, 5.41) is 8.13. The number of pyridine rings is 1. The molecule has 0 spiro atoms. The van der Waals surface area contributed by atoms with Gasteiger partial charge in [-0.3, -0.25) is 4.79 Å². The number of nitrogens with one attached hydrogen (secondary N) is 1. The Balaban J connectivity index is 1.36. The van der Waals surface area contributed by atoms with E-state index in [1.807, 2.05) is 24.6 Å². The molecule has 1 aliphatic rings. The highest BCUT2D eigenvalue weighted by Gasteiger charge is 2.25. The molecule has 0 radical (unpaired) electrons. The maximum Gasteiger partial charge on any atom is 0.322 e. The number of piperazine rings is 1. The van der Waals surface area contributed by atoms with Crippen molar-refractivity contribution in [1.29, 1.82) is 0 Å². The predicted molar refractivity (Wildman–Crippen MR) is 117 cm³/mol. The lowest BCUT2D eigenvalue weighted by atomic mass is 10.1. The number of nitrogens with zero attached hydrogens (tertiary/aromatic N) is 5. The van der Waals surface area contributed by atoms with Crippen molar-refractivity contribution >= 4 is 28.7 Å². The van der Waals surface area contributed by atoms with E-state index in [2.05, 4.69) is 15.4 Å². The smallest absolute Gasteiger partial charge is 0.322 e. The maximum absolute atomic E-state index is 12.7. The van der Waals surface area contributed by atoms with Crippen LogP contribution in [0.5, 0.6) is 5.75 Å². The average molecular weight is 422 g/mol. The summed E-state index contributed by atoms with van der Waals surface area (Å²) in [6.45, 7) is 5.96. The topological polar surface area (TPSA) is 92.6 Å². The van der Waals surface area contributed by atoms with E-state index in [0.29, 0.717) is 43.2 Å². The Kier molecular flexibility index (Phi) is 5.75. The minimum absolute atomic E-state index is 0.0595. The third-order valence-corrected chi connectivity index (χ3v) is 5.34. The van der Waals surface area contributed by atoms with Gasteiger partial charge in [0.2, 0.25) is 0 Å². The molecule has 0 unspecified atom stereocenters. The van der Waals surface area contributed by atoms with Gasteiger partial charge in [0, 0.05) is 43.2 Å². The van der Waals surface area contributed by atoms with Gasteiger partial charge in [-0.2, -0.15) is 5.10 Å². The summed E-state index contributed by atoms with van der Waals surface area (Å²) in [5.41, 5.74) is 1.99. The molecule has 3 aromatic rings. The summed E-state index contributed by atoms with van der Waals surface area (Å²) >= 11 is 0. The zero-order chi connectivity index (χ0) is 22.0. The number of methoxy groups -OCH3 is 1. The minimum atomic E-state index is -0.203. The second-order valence-corrected chi connectivity index (χ2v) is 7.76. The molecule has 9 heteroatoms. The number of benzene rings is 1. The molecular weight excluding hydrogens is 396 g/mol. The Labute approximate surface area is 180 Å². The van der Waals surface area contributed by atoms with E-state index in [1.165, 1.54) is 0 Å². The van der Waals surface area contributed by atoms with Crippen LogP contribution in [0, 0.1) is 0 Å². The number of amides is 3. The molecule has 0 aliphatic carbocycles. The lowest BCUT2D eigenvalue weighted by Gasteiger charge is -2.34. The van der Waals surface area contributed by atoms with E-state index in [4.69, 9.17) is 4.74 Å². The molecule has 0 saturated carbocycles. The molecule has 1 aliphatic heterocycles. The second-order valence-electron chi connectivity index (χ2n) is 7.76. The van der Waals surface area contributed by atoms with Crippen molar-refractivity contribution in [3.63, 3.8) is 0 Å². The van der Waals surface area contributed by atoms with Crippen molar-refractivity contribution in [1.82, 2.24) is 24.6 Å². The highest BCUT2D eigenvalue weighted by molar-refractivity contribution is 5.95. The molecule has 9 nitrogen and oxygen atoms in total. The molecule has 0 atom stereocenters. The van der Waals surface area contributed by atoms with Gasteiger partial charge in [-0.1, -0.05) is 6.07 Å². The van der Waals surface area contributed by atoms with Crippen LogP contribution < -0.4 is 10.1 Å². The monoisotopic (exact) mass is 422 g/mol. The van der Waals surface area contributed by atoms with Crippen LogP contribution in [0.25, 0.3) is 11.0 Å². The summed E-state index contributed by atoms with van der Waals surface area (Å²) < 4.78 is 7.04. The van der Waals surface area contributed by atoms with Crippen LogP contribution in [-0.2, 0) is 0 Å². The third kappa shape index (κ3) is 4.30. The summed E-state index contributed by atoms with van der Waals surface area (Å²) in [6, 6.07) is 8.98. The van der Waals surface area contributed by atoms with Crippen LogP contribution >= 0.6 is 0 Å². The van der Waals surface area contributed by atoms with Crippen LogP contribution in [0.3, 0.4) is 0 Å². The Hall–Kier alpha value is -3.62. The first-order valence-corrected chi connectivity index (χ1v) is 10.3. The number of urea groups is 1. The second kappa shape index (κ2) is 8.63. The molecule has 162 valence electrons. The molecular formula is C22H26N6O3. The Morgan fingerprint density at radius 2 is 1.81 bits per heavy atom. The van der Waals surface area contributed by atoms with Crippen LogP contribution in [0.4, 0.5) is 10.5 Å². The molecule has 1 fully saturated rings. The predicted octanol–water partition coefficient (Wildman–Crippen LogP) is 3.01. The maximum atomic E-state index is 12.7. The zero-order valence-corrected chi connectivity index (χ0v) is 17.9. The van der Waals surface area contributed by atoms with Gasteiger partial charge in [0.25, 0.3) is 5.91 Å². The molecule has 3 heterocycles. The van der Waals surface area contributed by atoms with Crippen molar-refractivity contribution in [3.05, 3.63) is 48.3 Å². The quantitative estimate of drug-likeness (QED) is 0.698. The zero-order valence-electron chi connectivity index (χ0n) is 17.9. The number of anilines is 1. The normalized spacial score (nSPS) is 14.2. The lowest BCUT2D eigenvalue weighted by Crippen LogP contribution is -2.51. The first kappa shape index (κ1) is 20.6. The Morgan fingerprint density at radius 1 is 1.06 bits per heavy atom. The van der Waals surface area contributed by atoms with Gasteiger partial charge in [0.05, 0.1) is 25.2 Å². The van der Waals surface area contributed by atoms with Gasteiger partial charge < -0.3 is 19.9 Å². The number of aromatic nitrogens is 3. The van der Waals surface area contributed by atoms with Crippen LogP contribution in [0.2, 0.25) is 0 Å².